The van der Waals surface area contributed by atoms with Crippen LogP contribution in [0.1, 0.15) is 37.3 Å². The van der Waals surface area contributed by atoms with E-state index in [4.69, 9.17) is 0 Å². The average Bonchev–Trinajstić information content (AvgIpc) is 2.62. The molecule has 5 nitrogen and oxygen atoms in total. The van der Waals surface area contributed by atoms with Crippen LogP contribution in [0.4, 0.5) is 5.69 Å². The van der Waals surface area contributed by atoms with E-state index in [2.05, 4.69) is 38.7 Å². The van der Waals surface area contributed by atoms with Crippen LogP contribution in [0.25, 0.3) is 0 Å². The largest absolute Gasteiger partial charge is 0.326 e. The van der Waals surface area contributed by atoms with Crippen LogP contribution >= 0.6 is 15.9 Å². The molecular formula is C20H22BrN3O2. The number of nitrogens with one attached hydrogen (secondary N) is 2. The Bertz CT molecular complexity index is 773. The molecule has 0 aromatic heterocycles. The van der Waals surface area contributed by atoms with E-state index in [9.17, 15) is 9.59 Å². The number of anilines is 1. The van der Waals surface area contributed by atoms with Crippen molar-refractivity contribution >= 4 is 39.6 Å². The quantitative estimate of drug-likeness (QED) is 0.499. The Hall–Kier alpha value is -2.47. The molecule has 2 amide bonds. The molecule has 0 saturated heterocycles. The number of carbonyl (C=O) groups excluding carboxylic acids is 2. The van der Waals surface area contributed by atoms with Gasteiger partial charge in [0.25, 0.3) is 0 Å². The molecule has 0 bridgehead atoms. The second-order valence-corrected chi connectivity index (χ2v) is 6.72. The van der Waals surface area contributed by atoms with Crippen LogP contribution in [0.3, 0.4) is 0 Å². The zero-order chi connectivity index (χ0) is 18.8. The summed E-state index contributed by atoms with van der Waals surface area (Å²) >= 11 is 3.35. The van der Waals surface area contributed by atoms with E-state index < -0.39 is 0 Å². The Kier molecular flexibility index (Phi) is 8.02. The second kappa shape index (κ2) is 10.5. The third-order valence-electron chi connectivity index (χ3n) is 3.71. The lowest BCUT2D eigenvalue weighted by molar-refractivity contribution is -0.121. The molecule has 0 radical (unpaired) electrons. The molecular weight excluding hydrogens is 394 g/mol. The van der Waals surface area contributed by atoms with Crippen LogP contribution in [0.5, 0.6) is 0 Å². The van der Waals surface area contributed by atoms with Crippen LogP contribution < -0.4 is 10.7 Å². The third-order valence-corrected chi connectivity index (χ3v) is 4.20. The zero-order valence-corrected chi connectivity index (χ0v) is 16.3. The molecule has 0 heterocycles. The minimum Gasteiger partial charge on any atom is -0.326 e. The molecule has 0 aliphatic rings. The van der Waals surface area contributed by atoms with Crippen LogP contribution in [-0.4, -0.2) is 18.0 Å². The summed E-state index contributed by atoms with van der Waals surface area (Å²) in [6, 6.07) is 15.4. The number of hydrazone groups is 1. The van der Waals surface area contributed by atoms with Gasteiger partial charge in [-0.15, -0.1) is 0 Å². The molecule has 0 saturated carbocycles. The summed E-state index contributed by atoms with van der Waals surface area (Å²) in [6.45, 7) is 2.10. The summed E-state index contributed by atoms with van der Waals surface area (Å²) in [4.78, 5) is 23.6. The molecule has 0 unspecified atom stereocenters. The summed E-state index contributed by atoms with van der Waals surface area (Å²) in [5.74, 6) is -0.322. The Labute approximate surface area is 162 Å². The number of aryl methyl sites for hydroxylation is 1. The Morgan fingerprint density at radius 1 is 1.08 bits per heavy atom. The van der Waals surface area contributed by atoms with Gasteiger partial charge in [0.15, 0.2) is 0 Å². The molecule has 2 N–H and O–H groups in total. The van der Waals surface area contributed by atoms with Crippen molar-refractivity contribution in [1.29, 1.82) is 0 Å². The van der Waals surface area contributed by atoms with Gasteiger partial charge in [0.2, 0.25) is 11.8 Å². The standard InChI is InChI=1S/C20H22BrN3O2/c1-2-15-9-11-16(12-10-15)14-22-24-20(26)8-4-7-19(25)23-18-6-3-5-17(21)13-18/h3,5-6,9-14H,2,4,7-8H2,1H3,(H,23,25)(H,24,26)/b22-14-. The normalized spacial score (nSPS) is 10.7. The van der Waals surface area contributed by atoms with E-state index in [1.807, 2.05) is 48.5 Å². The van der Waals surface area contributed by atoms with Crippen molar-refractivity contribution < 1.29 is 9.59 Å². The number of benzene rings is 2. The van der Waals surface area contributed by atoms with E-state index in [0.29, 0.717) is 6.42 Å². The first-order valence-electron chi connectivity index (χ1n) is 8.53. The van der Waals surface area contributed by atoms with Crippen LogP contribution in [0, 0.1) is 0 Å². The Morgan fingerprint density at radius 2 is 1.81 bits per heavy atom. The summed E-state index contributed by atoms with van der Waals surface area (Å²) in [7, 11) is 0. The summed E-state index contributed by atoms with van der Waals surface area (Å²) in [5.41, 5.74) is 5.40. The highest BCUT2D eigenvalue weighted by atomic mass is 79.9. The van der Waals surface area contributed by atoms with Crippen molar-refractivity contribution in [2.45, 2.75) is 32.6 Å². The van der Waals surface area contributed by atoms with Crippen molar-refractivity contribution in [2.75, 3.05) is 5.32 Å². The Morgan fingerprint density at radius 3 is 2.50 bits per heavy atom. The number of hydrogen-bond donors (Lipinski definition) is 2. The predicted molar refractivity (Wildman–Crippen MR) is 108 cm³/mol. The third kappa shape index (κ3) is 7.19. The lowest BCUT2D eigenvalue weighted by atomic mass is 10.1. The minimum absolute atomic E-state index is 0.115. The van der Waals surface area contributed by atoms with Gasteiger partial charge in [-0.05, 0) is 42.2 Å². The number of hydrogen-bond acceptors (Lipinski definition) is 3. The zero-order valence-electron chi connectivity index (χ0n) is 14.7. The fraction of sp³-hybridized carbons (Fsp3) is 0.250. The predicted octanol–water partition coefficient (Wildman–Crippen LogP) is 4.27. The topological polar surface area (TPSA) is 70.6 Å². The summed E-state index contributed by atoms with van der Waals surface area (Å²) < 4.78 is 0.900. The van der Waals surface area contributed by atoms with Crippen molar-refractivity contribution in [1.82, 2.24) is 5.43 Å². The first-order valence-corrected chi connectivity index (χ1v) is 9.32. The fourth-order valence-electron chi connectivity index (χ4n) is 2.27. The lowest BCUT2D eigenvalue weighted by Gasteiger charge is -2.05. The van der Waals surface area contributed by atoms with Crippen LogP contribution in [0.2, 0.25) is 0 Å². The first kappa shape index (κ1) is 19.8. The first-order chi connectivity index (χ1) is 12.6. The molecule has 26 heavy (non-hydrogen) atoms. The number of halogens is 1. The number of carbonyl (C=O) groups is 2. The smallest absolute Gasteiger partial charge is 0.240 e. The number of nitrogens with zero attached hydrogens (tertiary/aromatic N) is 1. The molecule has 0 fully saturated rings. The van der Waals surface area contributed by atoms with E-state index in [1.165, 1.54) is 5.56 Å². The van der Waals surface area contributed by atoms with Crippen LogP contribution in [-0.2, 0) is 16.0 Å². The summed E-state index contributed by atoms with van der Waals surface area (Å²) in [6.07, 6.45) is 3.59. The van der Waals surface area contributed by atoms with E-state index in [-0.39, 0.29) is 24.7 Å². The van der Waals surface area contributed by atoms with Gasteiger partial charge < -0.3 is 5.32 Å². The molecule has 6 heteroatoms. The molecule has 0 atom stereocenters. The van der Waals surface area contributed by atoms with Crippen LogP contribution in [0.15, 0.2) is 58.1 Å². The van der Waals surface area contributed by atoms with Gasteiger partial charge in [0.1, 0.15) is 0 Å². The average molecular weight is 416 g/mol. The molecule has 2 rings (SSSR count). The van der Waals surface area contributed by atoms with Gasteiger partial charge in [0.05, 0.1) is 6.21 Å². The van der Waals surface area contributed by atoms with Crippen molar-refractivity contribution in [2.24, 2.45) is 5.10 Å². The monoisotopic (exact) mass is 415 g/mol. The molecule has 0 spiro atoms. The van der Waals surface area contributed by atoms with Gasteiger partial charge in [-0.2, -0.15) is 5.10 Å². The second-order valence-electron chi connectivity index (χ2n) is 5.80. The van der Waals surface area contributed by atoms with Crippen molar-refractivity contribution in [3.05, 3.63) is 64.1 Å². The minimum atomic E-state index is -0.207. The Balaban J connectivity index is 1.66. The summed E-state index contributed by atoms with van der Waals surface area (Å²) in [5, 5.41) is 6.74. The fourth-order valence-corrected chi connectivity index (χ4v) is 2.67. The van der Waals surface area contributed by atoms with Gasteiger partial charge in [-0.3, -0.25) is 9.59 Å². The van der Waals surface area contributed by atoms with Crippen molar-refractivity contribution in [3.8, 4) is 0 Å². The SMILES string of the molecule is CCc1ccc(/C=N\NC(=O)CCCC(=O)Nc2cccc(Br)c2)cc1. The highest BCUT2D eigenvalue weighted by Crippen LogP contribution is 2.16. The number of amides is 2. The molecule has 2 aromatic rings. The van der Waals surface area contributed by atoms with Gasteiger partial charge in [-0.25, -0.2) is 5.43 Å². The van der Waals surface area contributed by atoms with Crippen molar-refractivity contribution in [3.63, 3.8) is 0 Å². The molecule has 136 valence electrons. The molecule has 0 aliphatic carbocycles. The van der Waals surface area contributed by atoms with Gasteiger partial charge in [-0.1, -0.05) is 53.2 Å². The maximum absolute atomic E-state index is 11.9. The van der Waals surface area contributed by atoms with E-state index in [1.54, 1.807) is 6.21 Å². The van der Waals surface area contributed by atoms with Gasteiger partial charge >= 0.3 is 0 Å². The number of rotatable bonds is 8. The van der Waals surface area contributed by atoms with E-state index in [0.717, 1.165) is 22.1 Å². The molecule has 0 aliphatic heterocycles. The van der Waals surface area contributed by atoms with Gasteiger partial charge in [0, 0.05) is 23.0 Å². The highest BCUT2D eigenvalue weighted by molar-refractivity contribution is 9.10. The maximum atomic E-state index is 11.9. The maximum Gasteiger partial charge on any atom is 0.240 e. The molecule has 2 aromatic carbocycles. The lowest BCUT2D eigenvalue weighted by Crippen LogP contribution is -2.18. The van der Waals surface area contributed by atoms with E-state index >= 15 is 0 Å². The highest BCUT2D eigenvalue weighted by Gasteiger charge is 2.05.